The fourth-order valence-corrected chi connectivity index (χ4v) is 4.51. The molecular weight excluding hydrogens is 460 g/mol. The summed E-state index contributed by atoms with van der Waals surface area (Å²) in [7, 11) is 3.01. The molecule has 2 heterocycles. The number of aryl methyl sites for hydroxylation is 1. The first-order chi connectivity index (χ1) is 16.9. The van der Waals surface area contributed by atoms with Gasteiger partial charge in [-0.2, -0.15) is 0 Å². The van der Waals surface area contributed by atoms with Gasteiger partial charge in [-0.25, -0.2) is 0 Å². The van der Waals surface area contributed by atoms with Crippen molar-refractivity contribution < 1.29 is 49.2 Å². The van der Waals surface area contributed by atoms with Gasteiger partial charge in [0.25, 0.3) is 0 Å². The van der Waals surface area contributed by atoms with Crippen molar-refractivity contribution >= 4 is 0 Å². The second-order valence-corrected chi connectivity index (χ2v) is 8.70. The van der Waals surface area contributed by atoms with Crippen LogP contribution in [-0.4, -0.2) is 84.2 Å². The lowest BCUT2D eigenvalue weighted by atomic mass is 9.90. The molecule has 192 valence electrons. The summed E-state index contributed by atoms with van der Waals surface area (Å²) < 4.78 is 28.5. The van der Waals surface area contributed by atoms with E-state index >= 15 is 0 Å². The van der Waals surface area contributed by atoms with Crippen LogP contribution >= 0.6 is 0 Å². The van der Waals surface area contributed by atoms with Crippen LogP contribution in [0.2, 0.25) is 0 Å². The lowest BCUT2D eigenvalue weighted by Gasteiger charge is -2.35. The summed E-state index contributed by atoms with van der Waals surface area (Å²) in [4.78, 5) is 0. The number of rotatable bonds is 9. The Morgan fingerprint density at radius 2 is 1.77 bits per heavy atom. The monoisotopic (exact) mass is 492 g/mol. The van der Waals surface area contributed by atoms with Gasteiger partial charge >= 0.3 is 0 Å². The van der Waals surface area contributed by atoms with E-state index < -0.39 is 30.7 Å². The molecular formula is C25H32O10. The number of hydrogen-bond acceptors (Lipinski definition) is 10. The molecule has 1 fully saturated rings. The summed E-state index contributed by atoms with van der Waals surface area (Å²) in [5.41, 5.74) is 2.50. The van der Waals surface area contributed by atoms with Crippen molar-refractivity contribution in [3.05, 3.63) is 47.0 Å². The lowest BCUT2D eigenvalue weighted by molar-refractivity contribution is -0.271. The van der Waals surface area contributed by atoms with Crippen molar-refractivity contribution in [3.63, 3.8) is 0 Å². The molecule has 0 aromatic heterocycles. The number of methoxy groups -OCH3 is 2. The highest BCUT2D eigenvalue weighted by atomic mass is 16.7. The van der Waals surface area contributed by atoms with Gasteiger partial charge < -0.3 is 49.2 Å². The molecule has 1 saturated heterocycles. The summed E-state index contributed by atoms with van der Waals surface area (Å²) >= 11 is 0. The standard InChI is InChI=1S/C25H32O10/c1-31-19-10-14(5-6-17(19)27)23-16(11-33-25-22(30)21(29)18(28)12-34-25)15-8-13(4-3-7-26)9-20(32-2)24(15)35-23/h5-6,8-10,16,18,21-23,25-30H,3-4,7,11-12H2,1-2H3/t16-,18-,21+,22-,23+,25-/m1/s1. The van der Waals surface area contributed by atoms with Gasteiger partial charge in [-0.05, 0) is 42.2 Å². The molecule has 0 bridgehead atoms. The Kier molecular flexibility index (Phi) is 8.00. The SMILES string of the molecule is COc1cc([C@@H]2Oc3c(OC)cc(CCCO)cc3[C@H]2CO[C@@H]2OC[C@@H](O)[C@H](O)[C@H]2O)ccc1O. The Balaban J connectivity index is 1.67. The molecule has 2 aromatic rings. The molecule has 2 aromatic carbocycles. The topological polar surface area (TPSA) is 147 Å². The second-order valence-electron chi connectivity index (χ2n) is 8.70. The van der Waals surface area contributed by atoms with Crippen LogP contribution in [0.4, 0.5) is 0 Å². The Morgan fingerprint density at radius 3 is 2.49 bits per heavy atom. The predicted molar refractivity (Wildman–Crippen MR) is 123 cm³/mol. The summed E-state index contributed by atoms with van der Waals surface area (Å²) in [5, 5.41) is 49.4. The van der Waals surface area contributed by atoms with Crippen LogP contribution in [0.3, 0.4) is 0 Å². The summed E-state index contributed by atoms with van der Waals surface area (Å²) in [6, 6.07) is 8.79. The highest BCUT2D eigenvalue weighted by Crippen LogP contribution is 2.52. The van der Waals surface area contributed by atoms with Crippen LogP contribution in [0, 0.1) is 0 Å². The maximum absolute atomic E-state index is 10.3. The zero-order valence-electron chi connectivity index (χ0n) is 19.7. The van der Waals surface area contributed by atoms with E-state index in [-0.39, 0.29) is 31.5 Å². The fraction of sp³-hybridized carbons (Fsp3) is 0.520. The van der Waals surface area contributed by atoms with Gasteiger partial charge in [0, 0.05) is 12.2 Å². The molecule has 0 aliphatic carbocycles. The quantitative estimate of drug-likeness (QED) is 0.344. The van der Waals surface area contributed by atoms with Crippen molar-refractivity contribution in [2.75, 3.05) is 34.0 Å². The second kappa shape index (κ2) is 11.0. The molecule has 6 atom stereocenters. The molecule has 10 nitrogen and oxygen atoms in total. The van der Waals surface area contributed by atoms with Crippen molar-refractivity contribution in [1.29, 1.82) is 0 Å². The number of ether oxygens (including phenoxy) is 5. The van der Waals surface area contributed by atoms with E-state index in [1.807, 2.05) is 12.1 Å². The van der Waals surface area contributed by atoms with Crippen LogP contribution < -0.4 is 14.2 Å². The number of aliphatic hydroxyl groups excluding tert-OH is 4. The Labute approximate surface area is 203 Å². The number of phenols is 1. The van der Waals surface area contributed by atoms with Crippen LogP contribution in [0.1, 0.15) is 35.1 Å². The van der Waals surface area contributed by atoms with Gasteiger partial charge in [0.1, 0.15) is 24.4 Å². The molecule has 35 heavy (non-hydrogen) atoms. The molecule has 0 saturated carbocycles. The molecule has 5 N–H and O–H groups in total. The molecule has 2 aliphatic rings. The van der Waals surface area contributed by atoms with Gasteiger partial charge in [-0.3, -0.25) is 0 Å². The summed E-state index contributed by atoms with van der Waals surface area (Å²) in [6.45, 7) is -0.0557. The van der Waals surface area contributed by atoms with E-state index in [1.54, 1.807) is 19.2 Å². The maximum atomic E-state index is 10.3. The number of aromatic hydroxyl groups is 1. The lowest BCUT2D eigenvalue weighted by Crippen LogP contribution is -2.53. The zero-order valence-corrected chi connectivity index (χ0v) is 19.7. The van der Waals surface area contributed by atoms with Crippen molar-refractivity contribution in [2.24, 2.45) is 0 Å². The normalized spacial score (nSPS) is 27.8. The Hall–Kier alpha value is -2.60. The van der Waals surface area contributed by atoms with Gasteiger partial charge in [0.2, 0.25) is 0 Å². The van der Waals surface area contributed by atoms with Crippen LogP contribution in [0.5, 0.6) is 23.0 Å². The first-order valence-corrected chi connectivity index (χ1v) is 11.5. The molecule has 0 spiro atoms. The third kappa shape index (κ3) is 5.18. The highest BCUT2D eigenvalue weighted by molar-refractivity contribution is 5.56. The number of aliphatic hydroxyl groups is 4. The van der Waals surface area contributed by atoms with Crippen LogP contribution in [0.15, 0.2) is 30.3 Å². The number of hydrogen-bond donors (Lipinski definition) is 5. The average Bonchev–Trinajstić information content (AvgIpc) is 3.23. The van der Waals surface area contributed by atoms with Crippen LogP contribution in [0.25, 0.3) is 0 Å². The van der Waals surface area contributed by atoms with Crippen molar-refractivity contribution in [1.82, 2.24) is 0 Å². The van der Waals surface area contributed by atoms with E-state index in [2.05, 4.69) is 0 Å². The first-order valence-electron chi connectivity index (χ1n) is 11.5. The van der Waals surface area contributed by atoms with Gasteiger partial charge in [0.05, 0.1) is 33.4 Å². The highest BCUT2D eigenvalue weighted by Gasteiger charge is 2.42. The predicted octanol–water partition coefficient (Wildman–Crippen LogP) is 1.01. The fourth-order valence-electron chi connectivity index (χ4n) is 4.51. The summed E-state index contributed by atoms with van der Waals surface area (Å²) in [5.74, 6) is 1.00. The molecule has 0 unspecified atom stereocenters. The van der Waals surface area contributed by atoms with E-state index in [4.69, 9.17) is 23.7 Å². The third-order valence-electron chi connectivity index (χ3n) is 6.42. The minimum Gasteiger partial charge on any atom is -0.504 e. The van der Waals surface area contributed by atoms with E-state index in [0.29, 0.717) is 30.1 Å². The maximum Gasteiger partial charge on any atom is 0.186 e. The Morgan fingerprint density at radius 1 is 1.00 bits per heavy atom. The average molecular weight is 493 g/mol. The molecule has 10 heteroatoms. The minimum atomic E-state index is -1.42. The number of phenolic OH excluding ortho intramolecular Hbond substituents is 1. The van der Waals surface area contributed by atoms with Gasteiger partial charge in [-0.15, -0.1) is 0 Å². The van der Waals surface area contributed by atoms with Crippen molar-refractivity contribution in [2.45, 2.75) is 49.5 Å². The van der Waals surface area contributed by atoms with E-state index in [0.717, 1.165) is 16.7 Å². The largest absolute Gasteiger partial charge is 0.504 e. The zero-order chi connectivity index (χ0) is 25.1. The van der Waals surface area contributed by atoms with Gasteiger partial charge in [0.15, 0.2) is 29.3 Å². The Bertz CT molecular complexity index is 1010. The van der Waals surface area contributed by atoms with Crippen molar-refractivity contribution in [3.8, 4) is 23.0 Å². The van der Waals surface area contributed by atoms with E-state index in [9.17, 15) is 25.5 Å². The summed E-state index contributed by atoms with van der Waals surface area (Å²) in [6.07, 6.45) is -4.45. The molecule has 4 rings (SSSR count). The third-order valence-corrected chi connectivity index (χ3v) is 6.42. The molecule has 0 amide bonds. The smallest absolute Gasteiger partial charge is 0.186 e. The number of fused-ring (bicyclic) bond motifs is 1. The minimum absolute atomic E-state index is 0.00490. The molecule has 0 radical (unpaired) electrons. The van der Waals surface area contributed by atoms with E-state index in [1.165, 1.54) is 13.2 Å². The van der Waals surface area contributed by atoms with Gasteiger partial charge in [-0.1, -0.05) is 12.1 Å². The number of benzene rings is 2. The molecule has 2 aliphatic heterocycles. The van der Waals surface area contributed by atoms with Crippen LogP contribution in [-0.2, 0) is 15.9 Å². The first kappa shape index (κ1) is 25.5.